The molecule has 3 aromatic carbocycles. The van der Waals surface area contributed by atoms with Crippen molar-refractivity contribution in [2.24, 2.45) is 17.8 Å². The number of hydrazine groups is 1. The maximum Gasteiger partial charge on any atom is 0.339 e. The van der Waals surface area contributed by atoms with Crippen LogP contribution >= 0.6 is 23.2 Å². The van der Waals surface area contributed by atoms with E-state index < -0.39 is 52.0 Å². The van der Waals surface area contributed by atoms with Crippen LogP contribution in [0.2, 0.25) is 10.0 Å². The number of amides is 3. The maximum atomic E-state index is 13.7. The Bertz CT molecular complexity index is 1710. The number of Topliss-reactive ketones (excluding diaryl/α,β-unsaturated/α-hetero) is 1. The lowest BCUT2D eigenvalue weighted by atomic mass is 9.76. The minimum Gasteiger partial charge on any atom is -0.379 e. The number of aryl methyl sites for hydroxylation is 1. The van der Waals surface area contributed by atoms with Gasteiger partial charge in [0.25, 0.3) is 17.7 Å². The summed E-state index contributed by atoms with van der Waals surface area (Å²) < 4.78 is 30.5. The fraction of sp³-hybridized carbons (Fsp3) is 0.290. The SMILES string of the molecule is Cc1ccc(S(=O)(=O)Oc2ccc(C(=O)CN(C(=O)c3ccc(Cl)c(Cl)c3)N3C(=O)[C@@H]4CC[C@H](C)C[C@H]4C3=O)cc2)cc1. The molecule has 5 rings (SSSR count). The summed E-state index contributed by atoms with van der Waals surface area (Å²) >= 11 is 12.1. The van der Waals surface area contributed by atoms with Gasteiger partial charge in [0.1, 0.15) is 17.2 Å². The molecular formula is C31H28Cl2N2O7S. The molecule has 12 heteroatoms. The molecule has 1 saturated carbocycles. The van der Waals surface area contributed by atoms with Crippen LogP contribution in [0.5, 0.6) is 5.75 Å². The van der Waals surface area contributed by atoms with Gasteiger partial charge in [-0.15, -0.1) is 0 Å². The molecule has 3 atom stereocenters. The Morgan fingerprint density at radius 3 is 2.16 bits per heavy atom. The standard InChI is InChI=1S/C31H28Cl2N2O7S/c1-18-3-11-23(12-4-18)43(40,41)42-22-9-6-20(7-10-22)28(36)17-34(29(37)21-8-14-26(32)27(33)16-21)35-30(38)24-13-5-19(2)15-25(24)31(35)39/h3-4,6-12,14,16,19,24-25H,5,13,15,17H2,1-2H3/t19-,24+,25+/m0/s1. The molecule has 0 spiro atoms. The lowest BCUT2D eigenvalue weighted by molar-refractivity contribution is -0.154. The van der Waals surface area contributed by atoms with Crippen molar-refractivity contribution in [3.05, 3.63) is 93.5 Å². The van der Waals surface area contributed by atoms with E-state index >= 15 is 0 Å². The predicted molar refractivity (Wildman–Crippen MR) is 159 cm³/mol. The maximum absolute atomic E-state index is 13.7. The molecule has 43 heavy (non-hydrogen) atoms. The minimum absolute atomic E-state index is 0.0235. The number of ketones is 1. The topological polar surface area (TPSA) is 118 Å². The quantitative estimate of drug-likeness (QED) is 0.175. The summed E-state index contributed by atoms with van der Waals surface area (Å²) in [6, 6.07) is 15.6. The van der Waals surface area contributed by atoms with Crippen molar-refractivity contribution >= 4 is 56.8 Å². The number of halogens is 2. The number of carbonyl (C=O) groups is 4. The predicted octanol–water partition coefficient (Wildman–Crippen LogP) is 5.73. The summed E-state index contributed by atoms with van der Waals surface area (Å²) in [6.45, 7) is 3.21. The van der Waals surface area contributed by atoms with E-state index in [2.05, 4.69) is 0 Å². The second-order valence-corrected chi connectivity index (χ2v) is 13.3. The molecule has 224 valence electrons. The number of imide groups is 1. The van der Waals surface area contributed by atoms with Gasteiger partial charge in [0.15, 0.2) is 5.78 Å². The Labute approximate surface area is 259 Å². The highest BCUT2D eigenvalue weighted by molar-refractivity contribution is 7.87. The highest BCUT2D eigenvalue weighted by atomic mass is 35.5. The van der Waals surface area contributed by atoms with Crippen LogP contribution in [0.25, 0.3) is 0 Å². The number of rotatable bonds is 8. The van der Waals surface area contributed by atoms with Gasteiger partial charge in [0, 0.05) is 11.1 Å². The van der Waals surface area contributed by atoms with Crippen LogP contribution in [0.3, 0.4) is 0 Å². The number of hydrogen-bond acceptors (Lipinski definition) is 7. The van der Waals surface area contributed by atoms with Crippen molar-refractivity contribution < 1.29 is 31.8 Å². The summed E-state index contributed by atoms with van der Waals surface area (Å²) in [4.78, 5) is 54.1. The monoisotopic (exact) mass is 642 g/mol. The molecule has 9 nitrogen and oxygen atoms in total. The Morgan fingerprint density at radius 1 is 0.884 bits per heavy atom. The van der Waals surface area contributed by atoms with Gasteiger partial charge in [0.2, 0.25) is 0 Å². The lowest BCUT2D eigenvalue weighted by Gasteiger charge is -2.30. The second-order valence-electron chi connectivity index (χ2n) is 10.9. The Balaban J connectivity index is 1.40. The van der Waals surface area contributed by atoms with Crippen molar-refractivity contribution in [3.8, 4) is 5.75 Å². The van der Waals surface area contributed by atoms with Crippen molar-refractivity contribution in [2.75, 3.05) is 6.54 Å². The number of nitrogens with zero attached hydrogens (tertiary/aromatic N) is 2. The van der Waals surface area contributed by atoms with E-state index in [1.54, 1.807) is 12.1 Å². The zero-order valence-corrected chi connectivity index (χ0v) is 25.7. The van der Waals surface area contributed by atoms with Crippen LogP contribution in [0.1, 0.15) is 52.5 Å². The third-order valence-corrected chi connectivity index (χ3v) is 9.79. The van der Waals surface area contributed by atoms with E-state index in [9.17, 15) is 27.6 Å². The Hall–Kier alpha value is -3.73. The number of fused-ring (bicyclic) bond motifs is 1. The zero-order valence-electron chi connectivity index (χ0n) is 23.3. The number of carbonyl (C=O) groups excluding carboxylic acids is 4. The normalized spacial score (nSPS) is 20.1. The van der Waals surface area contributed by atoms with Crippen molar-refractivity contribution in [1.82, 2.24) is 10.0 Å². The smallest absolute Gasteiger partial charge is 0.339 e. The van der Waals surface area contributed by atoms with Crippen LogP contribution in [0, 0.1) is 24.7 Å². The van der Waals surface area contributed by atoms with E-state index in [0.29, 0.717) is 12.8 Å². The van der Waals surface area contributed by atoms with Gasteiger partial charge in [-0.25, -0.2) is 5.01 Å². The van der Waals surface area contributed by atoms with Crippen LogP contribution in [-0.4, -0.2) is 48.5 Å². The highest BCUT2D eigenvalue weighted by Crippen LogP contribution is 2.41. The van der Waals surface area contributed by atoms with Gasteiger partial charge in [-0.3, -0.25) is 19.2 Å². The average molecular weight is 644 g/mol. The van der Waals surface area contributed by atoms with E-state index in [-0.39, 0.29) is 37.7 Å². The lowest BCUT2D eigenvalue weighted by Crippen LogP contribution is -2.52. The van der Waals surface area contributed by atoms with Crippen molar-refractivity contribution in [1.29, 1.82) is 0 Å². The van der Waals surface area contributed by atoms with Gasteiger partial charge >= 0.3 is 10.1 Å². The molecule has 1 aliphatic carbocycles. The van der Waals surface area contributed by atoms with E-state index in [0.717, 1.165) is 22.0 Å². The zero-order chi connectivity index (χ0) is 31.1. The molecular weight excluding hydrogens is 615 g/mol. The average Bonchev–Trinajstić information content (AvgIpc) is 3.21. The van der Waals surface area contributed by atoms with Gasteiger partial charge < -0.3 is 4.18 Å². The van der Waals surface area contributed by atoms with Crippen LogP contribution in [0.15, 0.2) is 71.6 Å². The first-order valence-corrected chi connectivity index (χ1v) is 15.8. The van der Waals surface area contributed by atoms with Crippen molar-refractivity contribution in [2.45, 2.75) is 38.0 Å². The van der Waals surface area contributed by atoms with Crippen molar-refractivity contribution in [3.63, 3.8) is 0 Å². The largest absolute Gasteiger partial charge is 0.379 e. The third kappa shape index (κ3) is 6.32. The molecule has 2 fully saturated rings. The third-order valence-electron chi connectivity index (χ3n) is 7.79. The molecule has 2 aliphatic rings. The molecule has 1 aliphatic heterocycles. The van der Waals surface area contributed by atoms with E-state index in [1.165, 1.54) is 54.6 Å². The van der Waals surface area contributed by atoms with Crippen LogP contribution < -0.4 is 4.18 Å². The number of benzene rings is 3. The molecule has 0 bridgehead atoms. The Morgan fingerprint density at radius 2 is 1.51 bits per heavy atom. The molecule has 0 radical (unpaired) electrons. The first-order chi connectivity index (χ1) is 20.4. The molecule has 3 aromatic rings. The summed E-state index contributed by atoms with van der Waals surface area (Å²) in [5.41, 5.74) is 1.03. The fourth-order valence-corrected chi connectivity index (χ4v) is 6.65. The fourth-order valence-electron chi connectivity index (χ4n) is 5.43. The van der Waals surface area contributed by atoms with Crippen LogP contribution in [-0.2, 0) is 19.7 Å². The first kappa shape index (κ1) is 30.7. The first-order valence-electron chi connectivity index (χ1n) is 13.6. The van der Waals surface area contributed by atoms with Crippen LogP contribution in [0.4, 0.5) is 0 Å². The molecule has 1 saturated heterocycles. The van der Waals surface area contributed by atoms with Gasteiger partial charge in [-0.2, -0.15) is 13.4 Å². The Kier molecular flexibility index (Phi) is 8.65. The van der Waals surface area contributed by atoms with Gasteiger partial charge in [-0.1, -0.05) is 47.8 Å². The van der Waals surface area contributed by atoms with Gasteiger partial charge in [-0.05, 0) is 86.7 Å². The summed E-state index contributed by atoms with van der Waals surface area (Å²) in [6.07, 6.45) is 1.81. The molecule has 0 aromatic heterocycles. The summed E-state index contributed by atoms with van der Waals surface area (Å²) in [7, 11) is -4.11. The highest BCUT2D eigenvalue weighted by Gasteiger charge is 2.52. The second kappa shape index (κ2) is 12.1. The molecule has 3 amide bonds. The summed E-state index contributed by atoms with van der Waals surface area (Å²) in [5, 5.41) is 1.97. The molecule has 1 heterocycles. The molecule has 0 N–H and O–H groups in total. The summed E-state index contributed by atoms with van der Waals surface area (Å²) in [5.74, 6) is -3.31. The minimum atomic E-state index is -4.11. The van der Waals surface area contributed by atoms with E-state index in [4.69, 9.17) is 27.4 Å². The number of hydrogen-bond donors (Lipinski definition) is 0. The molecule has 0 unspecified atom stereocenters. The van der Waals surface area contributed by atoms with E-state index in [1.807, 2.05) is 13.8 Å². The van der Waals surface area contributed by atoms with Gasteiger partial charge in [0.05, 0.1) is 21.9 Å².